The normalized spacial score (nSPS) is 15.5. The van der Waals surface area contributed by atoms with Crippen LogP contribution in [0.25, 0.3) is 22.3 Å². The van der Waals surface area contributed by atoms with Crippen LogP contribution >= 0.6 is 0 Å². The molecule has 1 aromatic carbocycles. The Balaban J connectivity index is 1.80. The van der Waals surface area contributed by atoms with Crippen molar-refractivity contribution in [2.75, 3.05) is 18.0 Å². The van der Waals surface area contributed by atoms with E-state index in [-0.39, 0.29) is 0 Å². The predicted molar refractivity (Wildman–Crippen MR) is 85.4 cm³/mol. The summed E-state index contributed by atoms with van der Waals surface area (Å²) >= 11 is 0. The van der Waals surface area contributed by atoms with Crippen LogP contribution in [0.4, 0.5) is 5.82 Å². The van der Waals surface area contributed by atoms with Crippen LogP contribution in [0, 0.1) is 0 Å². The van der Waals surface area contributed by atoms with Gasteiger partial charge in [-0.25, -0.2) is 9.97 Å². The molecular weight excluding hydrogens is 260 g/mol. The van der Waals surface area contributed by atoms with Gasteiger partial charge in [-0.05, 0) is 30.9 Å². The predicted octanol–water partition coefficient (Wildman–Crippen LogP) is 3.62. The first-order valence-corrected chi connectivity index (χ1v) is 7.56. The van der Waals surface area contributed by atoms with Crippen LogP contribution in [0.5, 0.6) is 0 Å². The van der Waals surface area contributed by atoms with E-state index in [0.717, 1.165) is 35.6 Å². The van der Waals surface area contributed by atoms with Gasteiger partial charge in [0.15, 0.2) is 0 Å². The number of rotatable bonds is 2. The molecule has 0 amide bonds. The second-order valence-electron chi connectivity index (χ2n) is 5.56. The highest BCUT2D eigenvalue weighted by molar-refractivity contribution is 5.91. The molecule has 1 aliphatic heterocycles. The molecule has 1 fully saturated rings. The van der Waals surface area contributed by atoms with Crippen LogP contribution in [-0.4, -0.2) is 28.0 Å². The van der Waals surface area contributed by atoms with Crippen LogP contribution in [0.15, 0.2) is 42.7 Å². The molecule has 3 aromatic rings. The quantitative estimate of drug-likeness (QED) is 0.778. The Morgan fingerprint density at radius 3 is 2.57 bits per heavy atom. The smallest absolute Gasteiger partial charge is 0.143 e. The van der Waals surface area contributed by atoms with E-state index in [9.17, 15) is 0 Å². The summed E-state index contributed by atoms with van der Waals surface area (Å²) in [6, 6.07) is 12.5. The van der Waals surface area contributed by atoms with Crippen molar-refractivity contribution in [3.8, 4) is 11.3 Å². The molecule has 4 rings (SSSR count). The Kier molecular flexibility index (Phi) is 3.07. The monoisotopic (exact) mass is 278 g/mol. The van der Waals surface area contributed by atoms with Crippen molar-refractivity contribution in [2.24, 2.45) is 0 Å². The van der Waals surface area contributed by atoms with Gasteiger partial charge in [-0.2, -0.15) is 0 Å². The molecule has 4 heteroatoms. The van der Waals surface area contributed by atoms with E-state index in [2.05, 4.69) is 50.2 Å². The number of piperidine rings is 1. The van der Waals surface area contributed by atoms with Gasteiger partial charge in [0, 0.05) is 18.8 Å². The number of nitrogens with zero attached hydrogens (tertiary/aromatic N) is 3. The molecule has 106 valence electrons. The van der Waals surface area contributed by atoms with Crippen molar-refractivity contribution in [3.05, 3.63) is 42.7 Å². The Morgan fingerprint density at radius 2 is 1.76 bits per heavy atom. The molecule has 0 aliphatic carbocycles. The molecule has 0 saturated carbocycles. The van der Waals surface area contributed by atoms with Crippen LogP contribution < -0.4 is 4.90 Å². The van der Waals surface area contributed by atoms with E-state index in [1.807, 2.05) is 6.07 Å². The number of nitrogens with one attached hydrogen (secondary N) is 1. The Morgan fingerprint density at radius 1 is 0.952 bits per heavy atom. The number of anilines is 1. The van der Waals surface area contributed by atoms with Crippen LogP contribution in [0.3, 0.4) is 0 Å². The summed E-state index contributed by atoms with van der Waals surface area (Å²) in [6.45, 7) is 2.19. The third-order valence-corrected chi connectivity index (χ3v) is 4.15. The van der Waals surface area contributed by atoms with Gasteiger partial charge >= 0.3 is 0 Å². The number of aromatic nitrogens is 3. The summed E-state index contributed by atoms with van der Waals surface area (Å²) in [7, 11) is 0. The van der Waals surface area contributed by atoms with Gasteiger partial charge in [-0.1, -0.05) is 30.3 Å². The summed E-state index contributed by atoms with van der Waals surface area (Å²) in [5.74, 6) is 1.07. The molecule has 3 heterocycles. The third-order valence-electron chi connectivity index (χ3n) is 4.15. The van der Waals surface area contributed by atoms with Crippen molar-refractivity contribution in [1.29, 1.82) is 0 Å². The number of aromatic amines is 1. The highest BCUT2D eigenvalue weighted by atomic mass is 15.2. The number of H-pyrrole nitrogens is 1. The first kappa shape index (κ1) is 12.4. The molecular formula is C17H18N4. The maximum Gasteiger partial charge on any atom is 0.143 e. The summed E-state index contributed by atoms with van der Waals surface area (Å²) in [4.78, 5) is 14.7. The average Bonchev–Trinajstić information content (AvgIpc) is 3.00. The van der Waals surface area contributed by atoms with E-state index >= 15 is 0 Å². The van der Waals surface area contributed by atoms with Gasteiger partial charge in [-0.15, -0.1) is 0 Å². The molecule has 0 unspecified atom stereocenters. The second-order valence-corrected chi connectivity index (χ2v) is 5.56. The summed E-state index contributed by atoms with van der Waals surface area (Å²) in [5, 5.41) is 1.12. The average molecular weight is 278 g/mol. The van der Waals surface area contributed by atoms with E-state index in [4.69, 9.17) is 0 Å². The first-order valence-electron chi connectivity index (χ1n) is 7.56. The minimum atomic E-state index is 0.921. The molecule has 2 aromatic heterocycles. The van der Waals surface area contributed by atoms with Crippen LogP contribution in [0.2, 0.25) is 0 Å². The molecule has 1 saturated heterocycles. The Hall–Kier alpha value is -2.36. The maximum absolute atomic E-state index is 4.53. The van der Waals surface area contributed by atoms with Gasteiger partial charge in [0.1, 0.15) is 17.8 Å². The van der Waals surface area contributed by atoms with Gasteiger partial charge < -0.3 is 9.88 Å². The van der Waals surface area contributed by atoms with Crippen molar-refractivity contribution in [3.63, 3.8) is 0 Å². The SMILES string of the molecule is c1ccc(-c2cc3c(N4CCCCC4)ncnc3[nH]2)cc1. The Bertz CT molecular complexity index is 742. The van der Waals surface area contributed by atoms with Gasteiger partial charge in [-0.3, -0.25) is 0 Å². The standard InChI is InChI=1S/C17H18N4/c1-3-7-13(8-4-1)15-11-14-16(20-15)18-12-19-17(14)21-9-5-2-6-10-21/h1,3-4,7-8,11-12H,2,5-6,9-10H2,(H,18,19,20). The zero-order chi connectivity index (χ0) is 14.1. The van der Waals surface area contributed by atoms with Gasteiger partial charge in [0.05, 0.1) is 5.39 Å². The molecule has 1 N–H and O–H groups in total. The number of fused-ring (bicyclic) bond motifs is 1. The molecule has 4 nitrogen and oxygen atoms in total. The van der Waals surface area contributed by atoms with Crippen molar-refractivity contribution < 1.29 is 0 Å². The zero-order valence-electron chi connectivity index (χ0n) is 11.9. The van der Waals surface area contributed by atoms with E-state index in [0.29, 0.717) is 0 Å². The minimum absolute atomic E-state index is 0.921. The molecule has 0 atom stereocenters. The third kappa shape index (κ3) is 2.27. The number of hydrogen-bond donors (Lipinski definition) is 1. The van der Waals surface area contributed by atoms with Crippen molar-refractivity contribution >= 4 is 16.9 Å². The minimum Gasteiger partial charge on any atom is -0.356 e. The molecule has 1 aliphatic rings. The van der Waals surface area contributed by atoms with E-state index in [1.54, 1.807) is 6.33 Å². The maximum atomic E-state index is 4.53. The van der Waals surface area contributed by atoms with Crippen LogP contribution in [-0.2, 0) is 0 Å². The highest BCUT2D eigenvalue weighted by Gasteiger charge is 2.17. The summed E-state index contributed by atoms with van der Waals surface area (Å²) < 4.78 is 0. The van der Waals surface area contributed by atoms with Gasteiger partial charge in [0.2, 0.25) is 0 Å². The van der Waals surface area contributed by atoms with E-state index < -0.39 is 0 Å². The Labute approximate surface area is 123 Å². The second kappa shape index (κ2) is 5.20. The van der Waals surface area contributed by atoms with E-state index in [1.165, 1.54) is 24.8 Å². The summed E-state index contributed by atoms with van der Waals surface area (Å²) in [6.07, 6.45) is 5.49. The van der Waals surface area contributed by atoms with Gasteiger partial charge in [0.25, 0.3) is 0 Å². The fraction of sp³-hybridized carbons (Fsp3) is 0.294. The lowest BCUT2D eigenvalue weighted by molar-refractivity contribution is 0.574. The largest absolute Gasteiger partial charge is 0.356 e. The number of benzene rings is 1. The van der Waals surface area contributed by atoms with Crippen molar-refractivity contribution in [2.45, 2.75) is 19.3 Å². The lowest BCUT2D eigenvalue weighted by atomic mass is 10.1. The lowest BCUT2D eigenvalue weighted by Crippen LogP contribution is -2.30. The molecule has 0 radical (unpaired) electrons. The zero-order valence-corrected chi connectivity index (χ0v) is 11.9. The molecule has 0 bridgehead atoms. The fourth-order valence-corrected chi connectivity index (χ4v) is 3.06. The highest BCUT2D eigenvalue weighted by Crippen LogP contribution is 2.29. The topological polar surface area (TPSA) is 44.8 Å². The fourth-order valence-electron chi connectivity index (χ4n) is 3.06. The summed E-state index contributed by atoms with van der Waals surface area (Å²) in [5.41, 5.74) is 3.20. The lowest BCUT2D eigenvalue weighted by Gasteiger charge is -2.27. The van der Waals surface area contributed by atoms with Crippen molar-refractivity contribution in [1.82, 2.24) is 15.0 Å². The van der Waals surface area contributed by atoms with Crippen LogP contribution in [0.1, 0.15) is 19.3 Å². The molecule has 0 spiro atoms. The molecule has 21 heavy (non-hydrogen) atoms. The first-order chi connectivity index (χ1) is 10.4. The number of hydrogen-bond acceptors (Lipinski definition) is 3.